The van der Waals surface area contributed by atoms with E-state index < -0.39 is 0 Å². The number of hydrogen-bond acceptors (Lipinski definition) is 4. The molecule has 2 atom stereocenters. The average Bonchev–Trinajstić information content (AvgIpc) is 3.00. The molecule has 154 valence electrons. The van der Waals surface area contributed by atoms with Gasteiger partial charge in [-0.1, -0.05) is 35.4 Å². The van der Waals surface area contributed by atoms with Gasteiger partial charge in [-0.25, -0.2) is 0 Å². The third kappa shape index (κ3) is 4.26. The SMILES string of the molecule is O=C(CSc1ccc(N2C(=O)[C@@H]3CC=CC[C@H]3C2=O)cc1)Nc1cc(Cl)ccc1Cl. The summed E-state index contributed by atoms with van der Waals surface area (Å²) < 4.78 is 0. The molecular weight excluding hydrogens is 443 g/mol. The standard InChI is InChI=1S/C22H18Cl2N2O3S/c23-13-5-10-18(24)19(11-13)25-20(27)12-30-15-8-6-14(7-9-15)26-21(28)16-3-1-2-4-17(16)22(26)29/h1-2,5-11,16-17H,3-4,12H2,(H,25,27)/t16-,17-/m1/s1. The van der Waals surface area contributed by atoms with Crippen molar-refractivity contribution < 1.29 is 14.4 Å². The Kier molecular flexibility index (Phi) is 6.18. The summed E-state index contributed by atoms with van der Waals surface area (Å²) in [5, 5.41) is 3.64. The van der Waals surface area contributed by atoms with Crippen molar-refractivity contribution in [1.29, 1.82) is 0 Å². The lowest BCUT2D eigenvalue weighted by atomic mass is 9.85. The minimum Gasteiger partial charge on any atom is -0.324 e. The van der Waals surface area contributed by atoms with Gasteiger partial charge in [0.05, 0.1) is 34.0 Å². The zero-order valence-corrected chi connectivity index (χ0v) is 18.1. The van der Waals surface area contributed by atoms with E-state index in [9.17, 15) is 14.4 Å². The second-order valence-electron chi connectivity index (χ2n) is 7.12. The molecule has 4 rings (SSSR count). The number of hydrogen-bond donors (Lipinski definition) is 1. The summed E-state index contributed by atoms with van der Waals surface area (Å²) in [6.45, 7) is 0. The summed E-state index contributed by atoms with van der Waals surface area (Å²) >= 11 is 13.3. The second kappa shape index (κ2) is 8.84. The van der Waals surface area contributed by atoms with Gasteiger partial charge >= 0.3 is 0 Å². The Morgan fingerprint density at radius 2 is 1.63 bits per heavy atom. The summed E-state index contributed by atoms with van der Waals surface area (Å²) in [6.07, 6.45) is 5.17. The lowest BCUT2D eigenvalue weighted by Gasteiger charge is -2.15. The minimum absolute atomic E-state index is 0.132. The zero-order valence-electron chi connectivity index (χ0n) is 15.8. The van der Waals surface area contributed by atoms with Crippen LogP contribution in [0.3, 0.4) is 0 Å². The molecule has 0 spiro atoms. The highest BCUT2D eigenvalue weighted by atomic mass is 35.5. The molecule has 8 heteroatoms. The number of nitrogens with zero attached hydrogens (tertiary/aromatic N) is 1. The van der Waals surface area contributed by atoms with Crippen LogP contribution in [0.5, 0.6) is 0 Å². The van der Waals surface area contributed by atoms with Gasteiger partial charge in [0, 0.05) is 9.92 Å². The number of benzene rings is 2. The molecule has 0 unspecified atom stereocenters. The van der Waals surface area contributed by atoms with Crippen LogP contribution >= 0.6 is 35.0 Å². The third-order valence-electron chi connectivity index (χ3n) is 5.17. The number of carbonyl (C=O) groups is 3. The number of imide groups is 1. The predicted octanol–water partition coefficient (Wildman–Crippen LogP) is 5.18. The van der Waals surface area contributed by atoms with Crippen LogP contribution in [0.2, 0.25) is 10.0 Å². The van der Waals surface area contributed by atoms with Crippen LogP contribution in [0, 0.1) is 11.8 Å². The van der Waals surface area contributed by atoms with Gasteiger partial charge in [-0.2, -0.15) is 0 Å². The maximum Gasteiger partial charge on any atom is 0.238 e. The Hall–Kier alpha value is -2.28. The van der Waals surface area contributed by atoms with E-state index in [4.69, 9.17) is 23.2 Å². The van der Waals surface area contributed by atoms with Crippen molar-refractivity contribution in [3.8, 4) is 0 Å². The second-order valence-corrected chi connectivity index (χ2v) is 9.01. The highest BCUT2D eigenvalue weighted by Gasteiger charge is 2.47. The topological polar surface area (TPSA) is 66.5 Å². The Labute approximate surface area is 188 Å². The van der Waals surface area contributed by atoms with Crippen molar-refractivity contribution in [1.82, 2.24) is 0 Å². The molecule has 1 heterocycles. The largest absolute Gasteiger partial charge is 0.324 e. The Morgan fingerprint density at radius 3 is 2.27 bits per heavy atom. The van der Waals surface area contributed by atoms with Crippen LogP contribution in [0.25, 0.3) is 0 Å². The van der Waals surface area contributed by atoms with E-state index in [1.807, 2.05) is 12.2 Å². The number of thioether (sulfide) groups is 1. The Morgan fingerprint density at radius 1 is 1.00 bits per heavy atom. The first-order chi connectivity index (χ1) is 14.4. The summed E-state index contributed by atoms with van der Waals surface area (Å²) in [5.74, 6) is -0.800. The lowest BCUT2D eigenvalue weighted by molar-refractivity contribution is -0.122. The predicted molar refractivity (Wildman–Crippen MR) is 120 cm³/mol. The van der Waals surface area contributed by atoms with Crippen molar-refractivity contribution in [2.75, 3.05) is 16.0 Å². The summed E-state index contributed by atoms with van der Waals surface area (Å²) in [7, 11) is 0. The van der Waals surface area contributed by atoms with Crippen LogP contribution in [-0.4, -0.2) is 23.5 Å². The monoisotopic (exact) mass is 460 g/mol. The van der Waals surface area contributed by atoms with E-state index in [0.29, 0.717) is 34.3 Å². The molecule has 1 saturated heterocycles. The van der Waals surface area contributed by atoms with Gasteiger partial charge in [-0.3, -0.25) is 19.3 Å². The van der Waals surface area contributed by atoms with Crippen LogP contribution in [-0.2, 0) is 14.4 Å². The zero-order chi connectivity index (χ0) is 21.3. The van der Waals surface area contributed by atoms with Gasteiger partial charge in [0.15, 0.2) is 0 Å². The number of anilines is 2. The number of amides is 3. The highest BCUT2D eigenvalue weighted by Crippen LogP contribution is 2.38. The van der Waals surface area contributed by atoms with Crippen LogP contribution in [0.1, 0.15) is 12.8 Å². The Bertz CT molecular complexity index is 1010. The maximum absolute atomic E-state index is 12.7. The van der Waals surface area contributed by atoms with Crippen molar-refractivity contribution in [2.24, 2.45) is 11.8 Å². The van der Waals surface area contributed by atoms with E-state index in [-0.39, 0.29) is 35.3 Å². The van der Waals surface area contributed by atoms with Gasteiger partial charge in [0.1, 0.15) is 0 Å². The smallest absolute Gasteiger partial charge is 0.238 e. The number of rotatable bonds is 5. The van der Waals surface area contributed by atoms with E-state index in [0.717, 1.165) is 4.90 Å². The molecule has 0 saturated carbocycles. The molecule has 1 N–H and O–H groups in total. The van der Waals surface area contributed by atoms with Crippen molar-refractivity contribution in [3.05, 3.63) is 64.7 Å². The molecule has 2 aliphatic rings. The van der Waals surface area contributed by atoms with E-state index in [1.165, 1.54) is 16.7 Å². The van der Waals surface area contributed by atoms with E-state index in [2.05, 4.69) is 5.32 Å². The van der Waals surface area contributed by atoms with Crippen molar-refractivity contribution in [3.63, 3.8) is 0 Å². The third-order valence-corrected chi connectivity index (χ3v) is 6.75. The molecule has 1 aliphatic heterocycles. The normalized spacial score (nSPS) is 20.4. The molecule has 30 heavy (non-hydrogen) atoms. The van der Waals surface area contributed by atoms with E-state index >= 15 is 0 Å². The van der Waals surface area contributed by atoms with Gasteiger partial charge in [0.25, 0.3) is 0 Å². The summed E-state index contributed by atoms with van der Waals surface area (Å²) in [5.41, 5.74) is 1.03. The van der Waals surface area contributed by atoms with E-state index in [1.54, 1.807) is 42.5 Å². The Balaban J connectivity index is 1.37. The fourth-order valence-electron chi connectivity index (χ4n) is 3.67. The van der Waals surface area contributed by atoms with Gasteiger partial charge in [-0.15, -0.1) is 11.8 Å². The molecular formula is C22H18Cl2N2O3S. The fourth-order valence-corrected chi connectivity index (χ4v) is 4.71. The van der Waals surface area contributed by atoms with Crippen molar-refractivity contribution in [2.45, 2.75) is 17.7 Å². The average molecular weight is 461 g/mol. The molecule has 0 bridgehead atoms. The van der Waals surface area contributed by atoms with Gasteiger partial charge in [0.2, 0.25) is 17.7 Å². The van der Waals surface area contributed by atoms with Crippen LogP contribution in [0.4, 0.5) is 11.4 Å². The van der Waals surface area contributed by atoms with Gasteiger partial charge in [-0.05, 0) is 55.3 Å². The number of nitrogens with one attached hydrogen (secondary N) is 1. The van der Waals surface area contributed by atoms with Crippen LogP contribution < -0.4 is 10.2 Å². The quantitative estimate of drug-likeness (QED) is 0.379. The maximum atomic E-state index is 12.7. The molecule has 1 fully saturated rings. The fraction of sp³-hybridized carbons (Fsp3) is 0.227. The molecule has 3 amide bonds. The first kappa shape index (κ1) is 21.0. The molecule has 1 aliphatic carbocycles. The van der Waals surface area contributed by atoms with Crippen LogP contribution in [0.15, 0.2) is 59.5 Å². The number of allylic oxidation sites excluding steroid dienone is 2. The highest BCUT2D eigenvalue weighted by molar-refractivity contribution is 8.00. The molecule has 5 nitrogen and oxygen atoms in total. The minimum atomic E-state index is -0.251. The molecule has 0 radical (unpaired) electrons. The van der Waals surface area contributed by atoms with Crippen molar-refractivity contribution >= 4 is 64.1 Å². The van der Waals surface area contributed by atoms with Gasteiger partial charge < -0.3 is 5.32 Å². The number of carbonyl (C=O) groups excluding carboxylic acids is 3. The number of fused-ring (bicyclic) bond motifs is 1. The summed E-state index contributed by atoms with van der Waals surface area (Å²) in [6, 6.07) is 12.0. The summed E-state index contributed by atoms with van der Waals surface area (Å²) in [4.78, 5) is 39.7. The number of halogens is 2. The lowest BCUT2D eigenvalue weighted by Crippen LogP contribution is -2.30. The first-order valence-electron chi connectivity index (χ1n) is 9.44. The molecule has 2 aromatic rings. The first-order valence-corrected chi connectivity index (χ1v) is 11.2. The molecule has 0 aromatic heterocycles. The molecule has 2 aromatic carbocycles.